The van der Waals surface area contributed by atoms with Crippen molar-refractivity contribution in [2.45, 2.75) is 341 Å². The molecule has 0 saturated carbocycles. The summed E-state index contributed by atoms with van der Waals surface area (Å²) in [5.74, 6) is -0.850. The normalized spacial score (nSPS) is 12.0. The number of hydrogen-bond acceptors (Lipinski definition) is 6. The van der Waals surface area contributed by atoms with Crippen molar-refractivity contribution in [2.75, 3.05) is 13.2 Å². The summed E-state index contributed by atoms with van der Waals surface area (Å²) in [6.07, 6.45) is 63.6. The first kappa shape index (κ1) is 64.2. The summed E-state index contributed by atoms with van der Waals surface area (Å²) >= 11 is 0. The molecule has 390 valence electrons. The summed E-state index contributed by atoms with van der Waals surface area (Å²) in [6, 6.07) is 0. The van der Waals surface area contributed by atoms with Gasteiger partial charge in [-0.1, -0.05) is 283 Å². The molecule has 0 saturated heterocycles. The minimum Gasteiger partial charge on any atom is -0.462 e. The molecule has 0 fully saturated rings. The van der Waals surface area contributed by atoms with E-state index in [0.29, 0.717) is 19.3 Å². The van der Waals surface area contributed by atoms with Crippen molar-refractivity contribution >= 4 is 17.9 Å². The molecule has 0 aliphatic heterocycles. The van der Waals surface area contributed by atoms with E-state index in [9.17, 15) is 14.4 Å². The van der Waals surface area contributed by atoms with Crippen molar-refractivity contribution in [1.29, 1.82) is 0 Å². The van der Waals surface area contributed by atoms with Gasteiger partial charge in [-0.2, -0.15) is 0 Å². The Morgan fingerprint density at radius 1 is 0.288 bits per heavy atom. The first-order chi connectivity index (χ1) is 32.5. The van der Waals surface area contributed by atoms with E-state index in [-0.39, 0.29) is 31.1 Å². The molecule has 66 heavy (non-hydrogen) atoms. The summed E-state index contributed by atoms with van der Waals surface area (Å²) in [7, 11) is 0. The van der Waals surface area contributed by atoms with E-state index in [4.69, 9.17) is 14.2 Å². The number of unbranched alkanes of at least 4 members (excludes halogenated alkanes) is 42. The highest BCUT2D eigenvalue weighted by Gasteiger charge is 2.19. The van der Waals surface area contributed by atoms with Gasteiger partial charge in [-0.15, -0.1) is 0 Å². The van der Waals surface area contributed by atoms with Crippen molar-refractivity contribution in [2.24, 2.45) is 0 Å². The maximum Gasteiger partial charge on any atom is 0.306 e. The molecule has 1 atom stereocenters. The highest BCUT2D eigenvalue weighted by Crippen LogP contribution is 2.17. The number of carbonyl (C=O) groups excluding carboxylic acids is 3. The summed E-state index contributed by atoms with van der Waals surface area (Å²) < 4.78 is 16.8. The van der Waals surface area contributed by atoms with Crippen molar-refractivity contribution in [1.82, 2.24) is 0 Å². The van der Waals surface area contributed by atoms with Crippen LogP contribution >= 0.6 is 0 Å². The molecule has 0 radical (unpaired) electrons. The number of ether oxygens (including phenoxy) is 3. The van der Waals surface area contributed by atoms with Crippen LogP contribution < -0.4 is 0 Å². The highest BCUT2D eigenvalue weighted by molar-refractivity contribution is 5.71. The Morgan fingerprint density at radius 3 is 0.758 bits per heavy atom. The molecule has 0 aromatic heterocycles. The summed E-state index contributed by atoms with van der Waals surface area (Å²) in [4.78, 5) is 38.0. The van der Waals surface area contributed by atoms with Crippen LogP contribution in [0.2, 0.25) is 0 Å². The SMILES string of the molecule is CCCCCCCC/C=C\CCCCCCCCCC(=O)OC(COC(=O)CCCCCCCCCCC)COC(=O)CCCCCCCCCCCCCCCCCCCCCCCC. The van der Waals surface area contributed by atoms with Gasteiger partial charge >= 0.3 is 17.9 Å². The number of hydrogen-bond donors (Lipinski definition) is 0. The Balaban J connectivity index is 4.18. The van der Waals surface area contributed by atoms with Crippen LogP contribution in [0, 0.1) is 0 Å². The monoisotopic (exact) mass is 931 g/mol. The molecule has 0 amide bonds. The van der Waals surface area contributed by atoms with Crippen LogP contribution in [0.25, 0.3) is 0 Å². The van der Waals surface area contributed by atoms with Gasteiger partial charge in [0.15, 0.2) is 6.10 Å². The Hall–Kier alpha value is -1.85. The van der Waals surface area contributed by atoms with E-state index >= 15 is 0 Å². The van der Waals surface area contributed by atoms with Gasteiger partial charge in [0.1, 0.15) is 13.2 Å². The minimum atomic E-state index is -0.766. The van der Waals surface area contributed by atoms with Gasteiger partial charge < -0.3 is 14.2 Å². The number of esters is 3. The molecule has 0 aromatic carbocycles. The fourth-order valence-electron chi connectivity index (χ4n) is 9.03. The second kappa shape index (κ2) is 55.7. The lowest BCUT2D eigenvalue weighted by molar-refractivity contribution is -0.167. The fraction of sp³-hybridized carbons (Fsp3) is 0.917. The van der Waals surface area contributed by atoms with Crippen LogP contribution in [0.1, 0.15) is 335 Å². The number of rotatable bonds is 55. The predicted molar refractivity (Wildman–Crippen MR) is 284 cm³/mol. The number of allylic oxidation sites excluding steroid dienone is 2. The molecule has 0 rings (SSSR count). The topological polar surface area (TPSA) is 78.9 Å². The van der Waals surface area contributed by atoms with Gasteiger partial charge in [-0.05, 0) is 44.9 Å². The standard InChI is InChI=1S/C60H114O6/c1-4-7-10-13-16-19-21-23-25-27-28-29-30-31-33-34-36-38-41-44-47-50-53-59(62)65-56-57(55-64-58(61)52-49-46-43-40-18-15-12-9-6-3)66-60(63)54-51-48-45-42-39-37-35-32-26-24-22-20-17-14-11-8-5-2/h24,26,57H,4-23,25,27-56H2,1-3H3/b26-24-. The van der Waals surface area contributed by atoms with E-state index in [1.54, 1.807) is 0 Å². The molecule has 0 aromatic rings. The van der Waals surface area contributed by atoms with E-state index in [1.165, 1.54) is 238 Å². The average Bonchev–Trinajstić information content (AvgIpc) is 3.31. The van der Waals surface area contributed by atoms with Crippen molar-refractivity contribution < 1.29 is 28.6 Å². The Bertz CT molecular complexity index is 1020. The van der Waals surface area contributed by atoms with Crippen LogP contribution in [0.15, 0.2) is 12.2 Å². The average molecular weight is 932 g/mol. The van der Waals surface area contributed by atoms with Crippen LogP contribution in [0.5, 0.6) is 0 Å². The van der Waals surface area contributed by atoms with E-state index < -0.39 is 6.10 Å². The van der Waals surface area contributed by atoms with Crippen LogP contribution in [0.4, 0.5) is 0 Å². The van der Waals surface area contributed by atoms with Gasteiger partial charge in [0.2, 0.25) is 0 Å². The van der Waals surface area contributed by atoms with E-state index in [2.05, 4.69) is 32.9 Å². The fourth-order valence-corrected chi connectivity index (χ4v) is 9.03. The molecule has 0 aliphatic rings. The molecule has 0 heterocycles. The highest BCUT2D eigenvalue weighted by atomic mass is 16.6. The first-order valence-electron chi connectivity index (χ1n) is 29.7. The lowest BCUT2D eigenvalue weighted by atomic mass is 10.0. The quantitative estimate of drug-likeness (QED) is 0.0262. The van der Waals surface area contributed by atoms with Crippen LogP contribution in [-0.4, -0.2) is 37.2 Å². The second-order valence-electron chi connectivity index (χ2n) is 20.3. The molecular weight excluding hydrogens is 817 g/mol. The third kappa shape index (κ3) is 53.1. The summed E-state index contributed by atoms with van der Waals surface area (Å²) in [5, 5.41) is 0. The van der Waals surface area contributed by atoms with Crippen molar-refractivity contribution in [3.8, 4) is 0 Å². The lowest BCUT2D eigenvalue weighted by Gasteiger charge is -2.18. The van der Waals surface area contributed by atoms with Crippen LogP contribution in [0.3, 0.4) is 0 Å². The zero-order chi connectivity index (χ0) is 47.9. The summed E-state index contributed by atoms with van der Waals surface area (Å²) in [6.45, 7) is 6.67. The Labute approximate surface area is 411 Å². The molecule has 0 N–H and O–H groups in total. The van der Waals surface area contributed by atoms with Gasteiger partial charge in [-0.25, -0.2) is 0 Å². The van der Waals surface area contributed by atoms with E-state index in [1.807, 2.05) is 0 Å². The third-order valence-electron chi connectivity index (χ3n) is 13.5. The van der Waals surface area contributed by atoms with Crippen LogP contribution in [-0.2, 0) is 28.6 Å². The van der Waals surface area contributed by atoms with Gasteiger partial charge in [0.05, 0.1) is 0 Å². The van der Waals surface area contributed by atoms with E-state index in [0.717, 1.165) is 57.8 Å². The van der Waals surface area contributed by atoms with Gasteiger partial charge in [0, 0.05) is 19.3 Å². The molecule has 0 bridgehead atoms. The molecule has 6 nitrogen and oxygen atoms in total. The Morgan fingerprint density at radius 2 is 0.500 bits per heavy atom. The Kier molecular flexibility index (Phi) is 54.2. The molecule has 1 unspecified atom stereocenters. The first-order valence-corrected chi connectivity index (χ1v) is 29.7. The second-order valence-corrected chi connectivity index (χ2v) is 20.3. The largest absolute Gasteiger partial charge is 0.462 e. The zero-order valence-corrected chi connectivity index (χ0v) is 44.7. The predicted octanol–water partition coefficient (Wildman–Crippen LogP) is 19.7. The smallest absolute Gasteiger partial charge is 0.306 e. The number of carbonyl (C=O) groups is 3. The molecule has 0 spiro atoms. The van der Waals surface area contributed by atoms with Gasteiger partial charge in [0.25, 0.3) is 0 Å². The molecular formula is C60H114O6. The third-order valence-corrected chi connectivity index (χ3v) is 13.5. The molecule has 0 aliphatic carbocycles. The molecule has 6 heteroatoms. The van der Waals surface area contributed by atoms with Gasteiger partial charge in [-0.3, -0.25) is 14.4 Å². The van der Waals surface area contributed by atoms with Crippen molar-refractivity contribution in [3.63, 3.8) is 0 Å². The minimum absolute atomic E-state index is 0.0660. The summed E-state index contributed by atoms with van der Waals surface area (Å²) in [5.41, 5.74) is 0. The van der Waals surface area contributed by atoms with Crippen molar-refractivity contribution in [3.05, 3.63) is 12.2 Å². The lowest BCUT2D eigenvalue weighted by Crippen LogP contribution is -2.30. The maximum atomic E-state index is 12.8. The maximum absolute atomic E-state index is 12.8. The zero-order valence-electron chi connectivity index (χ0n) is 44.7.